The Hall–Kier alpha value is -1.08. The van der Waals surface area contributed by atoms with E-state index in [1.807, 2.05) is 47.2 Å². The van der Waals surface area contributed by atoms with Gasteiger partial charge in [-0.2, -0.15) is 0 Å². The number of ketones is 2. The van der Waals surface area contributed by atoms with Crippen LogP contribution in [0.2, 0.25) is 0 Å². The molecule has 0 amide bonds. The van der Waals surface area contributed by atoms with Gasteiger partial charge in [0.2, 0.25) is 0 Å². The van der Waals surface area contributed by atoms with Gasteiger partial charge < -0.3 is 0 Å². The first kappa shape index (κ1) is 25.2. The molecule has 2 aromatic rings. The van der Waals surface area contributed by atoms with Crippen molar-refractivity contribution in [3.05, 3.63) is 66.7 Å². The lowest BCUT2D eigenvalue weighted by Crippen LogP contribution is -1.96. The molecule has 2 nitrogen and oxygen atoms in total. The van der Waals surface area contributed by atoms with Gasteiger partial charge in [-0.3, -0.25) is 9.59 Å². The van der Waals surface area contributed by atoms with E-state index in [-0.39, 0.29) is 11.6 Å². The number of hydrogen-bond donors (Lipinski definition) is 0. The molecule has 30 heavy (non-hydrogen) atoms. The van der Waals surface area contributed by atoms with Gasteiger partial charge in [-0.15, -0.1) is 46.2 Å². The van der Waals surface area contributed by atoms with Crippen LogP contribution < -0.4 is 0 Å². The van der Waals surface area contributed by atoms with Crippen molar-refractivity contribution in [3.8, 4) is 0 Å². The van der Waals surface area contributed by atoms with Gasteiger partial charge in [-0.25, -0.2) is 0 Å². The second-order valence-electron chi connectivity index (χ2n) is 6.81. The van der Waals surface area contributed by atoms with Crippen molar-refractivity contribution >= 4 is 57.8 Å². The van der Waals surface area contributed by atoms with Crippen LogP contribution in [0.3, 0.4) is 0 Å². The minimum absolute atomic E-state index is 0.112. The maximum atomic E-state index is 12.4. The van der Waals surface area contributed by atoms with Crippen LogP contribution in [-0.4, -0.2) is 23.1 Å². The van der Waals surface area contributed by atoms with Crippen molar-refractivity contribution in [2.24, 2.45) is 0 Å². The van der Waals surface area contributed by atoms with Gasteiger partial charge in [0.05, 0.1) is 9.75 Å². The molecule has 2 rings (SSSR count). The number of carbonyl (C=O) groups excluding carboxylic acids is 2. The molecule has 0 saturated heterocycles. The van der Waals surface area contributed by atoms with Gasteiger partial charge in [0, 0.05) is 11.5 Å². The summed E-state index contributed by atoms with van der Waals surface area (Å²) in [4.78, 5) is 28.8. The monoisotopic (exact) mass is 478 g/mol. The summed E-state index contributed by atoms with van der Waals surface area (Å²) in [6.45, 7) is 4.35. The third-order valence-electron chi connectivity index (χ3n) is 4.32. The van der Waals surface area contributed by atoms with Crippen LogP contribution in [0.4, 0.5) is 0 Å². The zero-order valence-corrected chi connectivity index (χ0v) is 21.0. The number of rotatable bonds is 15. The number of thioether (sulfide) groups is 2. The molecule has 0 fully saturated rings. The summed E-state index contributed by atoms with van der Waals surface area (Å²) < 4.78 is 0. The van der Waals surface area contributed by atoms with E-state index in [1.165, 1.54) is 32.5 Å². The first-order valence-corrected chi connectivity index (χ1v) is 14.2. The standard InChI is InChI=1S/C24H30O2S4/c1-3-5-9-19(17-21(25)23-11-7-13-29-23)27-15-16-28-20(10-6-4-2)18-22(26)24-12-8-14-30-24/h7-8,11-14,17-18H,3-6,9-10,15-16H2,1-2H3/b19-17-,20-18+. The Morgan fingerprint density at radius 2 is 1.23 bits per heavy atom. The summed E-state index contributed by atoms with van der Waals surface area (Å²) in [5.74, 6) is 2.10. The molecule has 0 saturated carbocycles. The zero-order chi connectivity index (χ0) is 21.6. The molecule has 6 heteroatoms. The lowest BCUT2D eigenvalue weighted by atomic mass is 10.2. The van der Waals surface area contributed by atoms with E-state index in [9.17, 15) is 9.59 Å². The Morgan fingerprint density at radius 1 is 0.800 bits per heavy atom. The molecule has 2 heterocycles. The molecule has 0 aliphatic carbocycles. The van der Waals surface area contributed by atoms with Crippen LogP contribution in [0, 0.1) is 0 Å². The van der Waals surface area contributed by atoms with Crippen molar-refractivity contribution in [1.29, 1.82) is 0 Å². The van der Waals surface area contributed by atoms with Crippen LogP contribution in [0.1, 0.15) is 71.7 Å². The van der Waals surface area contributed by atoms with E-state index in [0.717, 1.165) is 59.8 Å². The largest absolute Gasteiger partial charge is 0.288 e. The fourth-order valence-electron chi connectivity index (χ4n) is 2.69. The quantitative estimate of drug-likeness (QED) is 0.146. The van der Waals surface area contributed by atoms with Crippen molar-refractivity contribution < 1.29 is 9.59 Å². The lowest BCUT2D eigenvalue weighted by molar-refractivity contribution is 0.104. The SMILES string of the molecule is CCCC/C(=C/C(=O)c1cccs1)SCCS/C(=C/C(=O)c1cccs1)CCCC. The highest BCUT2D eigenvalue weighted by Gasteiger charge is 2.09. The minimum atomic E-state index is 0.112. The molecule has 0 aromatic carbocycles. The highest BCUT2D eigenvalue weighted by atomic mass is 32.2. The first-order chi connectivity index (χ1) is 14.6. The van der Waals surface area contributed by atoms with Gasteiger partial charge in [0.15, 0.2) is 11.6 Å². The number of carbonyl (C=O) groups is 2. The summed E-state index contributed by atoms with van der Waals surface area (Å²) in [5.41, 5.74) is 0. The summed E-state index contributed by atoms with van der Waals surface area (Å²) in [6, 6.07) is 7.61. The second kappa shape index (κ2) is 14.8. The van der Waals surface area contributed by atoms with E-state index in [4.69, 9.17) is 0 Å². The number of unbranched alkanes of at least 4 members (excludes halogenated alkanes) is 2. The topological polar surface area (TPSA) is 34.1 Å². The Morgan fingerprint density at radius 3 is 1.57 bits per heavy atom. The van der Waals surface area contributed by atoms with E-state index in [1.54, 1.807) is 23.5 Å². The molecular weight excluding hydrogens is 449 g/mol. The normalized spacial score (nSPS) is 12.3. The smallest absolute Gasteiger partial charge is 0.196 e. The third kappa shape index (κ3) is 9.38. The van der Waals surface area contributed by atoms with Crippen molar-refractivity contribution in [1.82, 2.24) is 0 Å². The first-order valence-electron chi connectivity index (χ1n) is 10.5. The molecule has 0 unspecified atom stereocenters. The zero-order valence-electron chi connectivity index (χ0n) is 17.7. The van der Waals surface area contributed by atoms with Crippen LogP contribution in [0.25, 0.3) is 0 Å². The molecule has 0 atom stereocenters. The van der Waals surface area contributed by atoms with Crippen LogP contribution in [-0.2, 0) is 0 Å². The molecule has 0 spiro atoms. The molecule has 2 aromatic heterocycles. The van der Waals surface area contributed by atoms with Gasteiger partial charge >= 0.3 is 0 Å². The van der Waals surface area contributed by atoms with E-state index < -0.39 is 0 Å². The summed E-state index contributed by atoms with van der Waals surface area (Å²) in [7, 11) is 0. The highest BCUT2D eigenvalue weighted by Crippen LogP contribution is 2.28. The lowest BCUT2D eigenvalue weighted by Gasteiger charge is -2.09. The Kier molecular flexibility index (Phi) is 12.5. The van der Waals surface area contributed by atoms with Crippen molar-refractivity contribution in [2.75, 3.05) is 11.5 Å². The molecular formula is C24H30O2S4. The molecule has 0 N–H and O–H groups in total. The summed E-state index contributed by atoms with van der Waals surface area (Å²) >= 11 is 6.56. The van der Waals surface area contributed by atoms with Gasteiger partial charge in [0.25, 0.3) is 0 Å². The Labute approximate surface area is 197 Å². The maximum absolute atomic E-state index is 12.4. The fourth-order valence-corrected chi connectivity index (χ4v) is 6.11. The second-order valence-corrected chi connectivity index (χ2v) is 11.1. The molecule has 162 valence electrons. The highest BCUT2D eigenvalue weighted by molar-refractivity contribution is 8.06. The third-order valence-corrected chi connectivity index (χ3v) is 8.55. The number of thiophene rings is 2. The average Bonchev–Trinajstić information content (AvgIpc) is 3.46. The van der Waals surface area contributed by atoms with Crippen LogP contribution >= 0.6 is 46.2 Å². The van der Waals surface area contributed by atoms with Crippen LogP contribution in [0.5, 0.6) is 0 Å². The molecule has 0 radical (unpaired) electrons. The van der Waals surface area contributed by atoms with E-state index >= 15 is 0 Å². The predicted octanol–water partition coefficient (Wildman–Crippen LogP) is 8.49. The van der Waals surface area contributed by atoms with E-state index in [2.05, 4.69) is 13.8 Å². The number of allylic oxidation sites excluding steroid dienone is 4. The predicted molar refractivity (Wildman–Crippen MR) is 137 cm³/mol. The molecule has 0 aliphatic heterocycles. The number of hydrogen-bond acceptors (Lipinski definition) is 6. The molecule has 0 bridgehead atoms. The fraction of sp³-hybridized carbons (Fsp3) is 0.417. The maximum Gasteiger partial charge on any atom is 0.196 e. The summed E-state index contributed by atoms with van der Waals surface area (Å²) in [5, 5.41) is 3.89. The Balaban J connectivity index is 1.91. The van der Waals surface area contributed by atoms with Gasteiger partial charge in [-0.05, 0) is 70.5 Å². The van der Waals surface area contributed by atoms with Gasteiger partial charge in [-0.1, -0.05) is 38.8 Å². The minimum Gasteiger partial charge on any atom is -0.288 e. The average molecular weight is 479 g/mol. The van der Waals surface area contributed by atoms with Gasteiger partial charge in [0.1, 0.15) is 0 Å². The van der Waals surface area contributed by atoms with Crippen molar-refractivity contribution in [2.45, 2.75) is 52.4 Å². The molecule has 0 aliphatic rings. The van der Waals surface area contributed by atoms with E-state index in [0.29, 0.717) is 0 Å². The Bertz CT molecular complexity index is 747. The van der Waals surface area contributed by atoms with Crippen molar-refractivity contribution in [3.63, 3.8) is 0 Å². The van der Waals surface area contributed by atoms with Crippen LogP contribution in [0.15, 0.2) is 57.0 Å². The summed E-state index contributed by atoms with van der Waals surface area (Å²) in [6.07, 6.45) is 10.00.